The van der Waals surface area contributed by atoms with Crippen molar-refractivity contribution in [3.8, 4) is 0 Å². The van der Waals surface area contributed by atoms with Crippen molar-refractivity contribution in [1.82, 2.24) is 0 Å². The zero-order valence-corrected chi connectivity index (χ0v) is 6.37. The molecule has 1 saturated heterocycles. The molecule has 1 fully saturated rings. The van der Waals surface area contributed by atoms with Gasteiger partial charge in [0.2, 0.25) is 0 Å². The Morgan fingerprint density at radius 1 is 1.73 bits per heavy atom. The number of carbonyl (C=O) groups excluding carboxylic acids is 1. The molecule has 0 aromatic carbocycles. The molecule has 0 amide bonds. The van der Waals surface area contributed by atoms with Gasteiger partial charge >= 0.3 is 5.97 Å². The van der Waals surface area contributed by atoms with Crippen molar-refractivity contribution in [2.24, 2.45) is 0 Å². The van der Waals surface area contributed by atoms with E-state index in [0.717, 1.165) is 18.4 Å². The normalized spacial score (nSPS) is 33.7. The summed E-state index contributed by atoms with van der Waals surface area (Å²) in [5, 5.41) is 0. The van der Waals surface area contributed by atoms with Crippen LogP contribution in [0, 0.1) is 0 Å². The van der Waals surface area contributed by atoms with Gasteiger partial charge in [-0.25, -0.2) is 4.79 Å². The van der Waals surface area contributed by atoms with Crippen LogP contribution >= 0.6 is 0 Å². The summed E-state index contributed by atoms with van der Waals surface area (Å²) < 4.78 is 9.84. The second kappa shape index (κ2) is 2.34. The van der Waals surface area contributed by atoms with Gasteiger partial charge in [0, 0.05) is 12.0 Å². The zero-order chi connectivity index (χ0) is 7.84. The highest BCUT2D eigenvalue weighted by Gasteiger charge is 2.42. The van der Waals surface area contributed by atoms with Gasteiger partial charge in [-0.2, -0.15) is 0 Å². The fourth-order valence-corrected chi connectivity index (χ4v) is 1.42. The van der Waals surface area contributed by atoms with Crippen molar-refractivity contribution in [3.05, 3.63) is 11.6 Å². The molecule has 0 radical (unpaired) electrons. The lowest BCUT2D eigenvalue weighted by Gasteiger charge is -2.05. The molecule has 0 aromatic rings. The van der Waals surface area contributed by atoms with Crippen LogP contribution in [0.2, 0.25) is 0 Å². The van der Waals surface area contributed by atoms with Gasteiger partial charge in [-0.15, -0.1) is 0 Å². The van der Waals surface area contributed by atoms with E-state index in [-0.39, 0.29) is 5.97 Å². The van der Waals surface area contributed by atoms with Gasteiger partial charge in [0.25, 0.3) is 0 Å². The molecule has 3 nitrogen and oxygen atoms in total. The van der Waals surface area contributed by atoms with E-state index in [9.17, 15) is 4.79 Å². The van der Waals surface area contributed by atoms with Crippen LogP contribution in [0.25, 0.3) is 0 Å². The maximum Gasteiger partial charge on any atom is 0.333 e. The molecule has 2 atom stereocenters. The molecular weight excluding hydrogens is 144 g/mol. The minimum absolute atomic E-state index is 0.209. The Labute approximate surface area is 65.0 Å². The minimum atomic E-state index is -0.209. The monoisotopic (exact) mass is 154 g/mol. The van der Waals surface area contributed by atoms with E-state index in [0.29, 0.717) is 12.2 Å². The zero-order valence-electron chi connectivity index (χ0n) is 6.37. The molecule has 1 aliphatic carbocycles. The molecule has 60 valence electrons. The summed E-state index contributed by atoms with van der Waals surface area (Å²) in [4.78, 5) is 11.0. The Bertz CT molecular complexity index is 219. The Morgan fingerprint density at radius 2 is 2.55 bits per heavy atom. The summed E-state index contributed by atoms with van der Waals surface area (Å²) >= 11 is 0. The molecule has 2 aliphatic rings. The molecule has 0 aromatic heterocycles. The Hall–Kier alpha value is -0.830. The molecule has 0 bridgehead atoms. The van der Waals surface area contributed by atoms with Crippen LogP contribution in [0.5, 0.6) is 0 Å². The summed E-state index contributed by atoms with van der Waals surface area (Å²) in [6.07, 6.45) is 4.21. The Morgan fingerprint density at radius 3 is 3.18 bits per heavy atom. The number of carbonyl (C=O) groups is 1. The minimum Gasteiger partial charge on any atom is -0.466 e. The number of epoxide rings is 1. The highest BCUT2D eigenvalue weighted by Crippen LogP contribution is 2.36. The highest BCUT2D eigenvalue weighted by molar-refractivity contribution is 5.88. The lowest BCUT2D eigenvalue weighted by Crippen LogP contribution is -2.11. The lowest BCUT2D eigenvalue weighted by atomic mass is 10.00. The standard InChI is InChI=1S/C8H10O3/c1-10-8(9)5-2-3-6-7(4-5)11-6/h2,6-7H,3-4H2,1H3/t6-,7+/m1/s1. The molecule has 2 rings (SSSR count). The number of methoxy groups -OCH3 is 1. The van der Waals surface area contributed by atoms with Gasteiger partial charge in [-0.1, -0.05) is 6.08 Å². The van der Waals surface area contributed by atoms with Gasteiger partial charge < -0.3 is 9.47 Å². The summed E-state index contributed by atoms with van der Waals surface area (Å²) in [5.41, 5.74) is 0.770. The number of rotatable bonds is 1. The summed E-state index contributed by atoms with van der Waals surface area (Å²) in [5.74, 6) is -0.209. The van der Waals surface area contributed by atoms with Crippen LogP contribution in [0.4, 0.5) is 0 Å². The first-order valence-electron chi connectivity index (χ1n) is 3.74. The third-order valence-corrected chi connectivity index (χ3v) is 2.15. The fourth-order valence-electron chi connectivity index (χ4n) is 1.42. The molecule has 0 saturated carbocycles. The quantitative estimate of drug-likeness (QED) is 0.411. The van der Waals surface area contributed by atoms with Crippen molar-refractivity contribution in [2.75, 3.05) is 7.11 Å². The van der Waals surface area contributed by atoms with Crippen LogP contribution in [0.15, 0.2) is 11.6 Å². The molecule has 0 N–H and O–H groups in total. The van der Waals surface area contributed by atoms with E-state index in [2.05, 4.69) is 4.74 Å². The largest absolute Gasteiger partial charge is 0.466 e. The van der Waals surface area contributed by atoms with Gasteiger partial charge in [0.05, 0.1) is 19.3 Å². The van der Waals surface area contributed by atoms with E-state index in [4.69, 9.17) is 4.74 Å². The molecule has 0 spiro atoms. The topological polar surface area (TPSA) is 38.8 Å². The predicted octanol–water partition coefficient (Wildman–Crippen LogP) is 0.647. The maximum absolute atomic E-state index is 11.0. The van der Waals surface area contributed by atoms with Crippen molar-refractivity contribution >= 4 is 5.97 Å². The van der Waals surface area contributed by atoms with Crippen LogP contribution in [0.1, 0.15) is 12.8 Å². The second-order valence-electron chi connectivity index (χ2n) is 2.87. The average Bonchev–Trinajstić information content (AvgIpc) is 2.80. The Kier molecular flexibility index (Phi) is 1.46. The van der Waals surface area contributed by atoms with E-state index < -0.39 is 0 Å². The first-order chi connectivity index (χ1) is 5.31. The number of esters is 1. The van der Waals surface area contributed by atoms with Gasteiger partial charge in [-0.3, -0.25) is 0 Å². The van der Waals surface area contributed by atoms with E-state index in [1.54, 1.807) is 0 Å². The third kappa shape index (κ3) is 1.16. The molecule has 11 heavy (non-hydrogen) atoms. The molecular formula is C8H10O3. The molecule has 1 heterocycles. The lowest BCUT2D eigenvalue weighted by molar-refractivity contribution is -0.136. The van der Waals surface area contributed by atoms with Crippen molar-refractivity contribution in [3.63, 3.8) is 0 Å². The van der Waals surface area contributed by atoms with Gasteiger partial charge in [-0.05, 0) is 6.42 Å². The molecule has 1 aliphatic heterocycles. The van der Waals surface area contributed by atoms with Gasteiger partial charge in [0.1, 0.15) is 0 Å². The van der Waals surface area contributed by atoms with Crippen LogP contribution in [0.3, 0.4) is 0 Å². The SMILES string of the molecule is COC(=O)C1=CC[C@H]2O[C@H]2C1. The molecule has 0 unspecified atom stereocenters. The fraction of sp³-hybridized carbons (Fsp3) is 0.625. The van der Waals surface area contributed by atoms with Crippen molar-refractivity contribution in [1.29, 1.82) is 0 Å². The van der Waals surface area contributed by atoms with Crippen molar-refractivity contribution < 1.29 is 14.3 Å². The number of ether oxygens (including phenoxy) is 2. The molecule has 3 heteroatoms. The smallest absolute Gasteiger partial charge is 0.333 e. The van der Waals surface area contributed by atoms with Crippen LogP contribution in [-0.2, 0) is 14.3 Å². The average molecular weight is 154 g/mol. The summed E-state index contributed by atoms with van der Waals surface area (Å²) in [6.45, 7) is 0. The Balaban J connectivity index is 2.03. The van der Waals surface area contributed by atoms with Gasteiger partial charge in [0.15, 0.2) is 0 Å². The second-order valence-corrected chi connectivity index (χ2v) is 2.87. The first-order valence-corrected chi connectivity index (χ1v) is 3.74. The number of hydrogen-bond acceptors (Lipinski definition) is 3. The number of hydrogen-bond donors (Lipinski definition) is 0. The van der Waals surface area contributed by atoms with E-state index >= 15 is 0 Å². The van der Waals surface area contributed by atoms with Crippen LogP contribution in [-0.4, -0.2) is 25.3 Å². The third-order valence-electron chi connectivity index (χ3n) is 2.15. The van der Waals surface area contributed by atoms with E-state index in [1.165, 1.54) is 7.11 Å². The predicted molar refractivity (Wildman–Crippen MR) is 38.0 cm³/mol. The number of fused-ring (bicyclic) bond motifs is 1. The van der Waals surface area contributed by atoms with Crippen LogP contribution < -0.4 is 0 Å². The highest BCUT2D eigenvalue weighted by atomic mass is 16.6. The summed E-state index contributed by atoms with van der Waals surface area (Å²) in [6, 6.07) is 0. The maximum atomic E-state index is 11.0. The van der Waals surface area contributed by atoms with E-state index in [1.807, 2.05) is 6.08 Å². The summed E-state index contributed by atoms with van der Waals surface area (Å²) in [7, 11) is 1.41. The van der Waals surface area contributed by atoms with Crippen molar-refractivity contribution in [2.45, 2.75) is 25.0 Å². The first kappa shape index (κ1) is 6.85.